The molecule has 8 heteroatoms. The van der Waals surface area contributed by atoms with Crippen molar-refractivity contribution >= 4 is 5.91 Å². The van der Waals surface area contributed by atoms with Crippen molar-refractivity contribution in [3.8, 4) is 11.5 Å². The maximum Gasteiger partial charge on any atom is 0.237 e. The molecule has 4 rings (SSSR count). The number of rotatable bonds is 5. The Hall–Kier alpha value is -2.61. The zero-order chi connectivity index (χ0) is 20.4. The maximum absolute atomic E-state index is 12.9. The topological polar surface area (TPSA) is 80.9 Å². The molecule has 2 aliphatic heterocycles. The van der Waals surface area contributed by atoms with Gasteiger partial charge in [0.2, 0.25) is 11.8 Å². The second-order valence-corrected chi connectivity index (χ2v) is 7.77. The van der Waals surface area contributed by atoms with Crippen LogP contribution in [0.25, 0.3) is 0 Å². The fourth-order valence-corrected chi connectivity index (χ4v) is 4.20. The summed E-state index contributed by atoms with van der Waals surface area (Å²) >= 11 is 0. The molecule has 3 heterocycles. The molecule has 0 atom stereocenters. The first-order valence-corrected chi connectivity index (χ1v) is 10.1. The lowest BCUT2D eigenvalue weighted by Gasteiger charge is -2.34. The number of fused-ring (bicyclic) bond motifs is 1. The first kappa shape index (κ1) is 19.7. The van der Waals surface area contributed by atoms with Crippen molar-refractivity contribution in [2.24, 2.45) is 0 Å². The summed E-state index contributed by atoms with van der Waals surface area (Å²) in [5.74, 6) is 3.33. The highest BCUT2D eigenvalue weighted by atomic mass is 16.5. The lowest BCUT2D eigenvalue weighted by Crippen LogP contribution is -2.44. The van der Waals surface area contributed by atoms with Gasteiger partial charge in [0.1, 0.15) is 0 Å². The molecule has 0 N–H and O–H groups in total. The number of aryl methyl sites for hydroxylation is 1. The third-order valence-corrected chi connectivity index (χ3v) is 5.91. The summed E-state index contributed by atoms with van der Waals surface area (Å²) in [6, 6.07) is 4.02. The van der Waals surface area contributed by atoms with E-state index in [4.69, 9.17) is 14.0 Å². The number of amides is 1. The average Bonchev–Trinajstić information content (AvgIpc) is 3.19. The highest BCUT2D eigenvalue weighted by Gasteiger charge is 2.28. The Morgan fingerprint density at radius 1 is 1.14 bits per heavy atom. The van der Waals surface area contributed by atoms with E-state index in [-0.39, 0.29) is 5.91 Å². The van der Waals surface area contributed by atoms with E-state index in [2.05, 4.69) is 15.0 Å². The van der Waals surface area contributed by atoms with Crippen LogP contribution >= 0.6 is 0 Å². The Morgan fingerprint density at radius 3 is 2.45 bits per heavy atom. The van der Waals surface area contributed by atoms with Gasteiger partial charge in [-0.05, 0) is 62.5 Å². The second-order valence-electron chi connectivity index (χ2n) is 7.77. The van der Waals surface area contributed by atoms with Crippen LogP contribution in [0, 0.1) is 6.92 Å². The van der Waals surface area contributed by atoms with Gasteiger partial charge >= 0.3 is 0 Å². The van der Waals surface area contributed by atoms with E-state index < -0.39 is 0 Å². The number of methoxy groups -OCH3 is 2. The third kappa shape index (κ3) is 4.22. The van der Waals surface area contributed by atoms with E-state index in [1.807, 2.05) is 24.0 Å². The SMILES string of the molecule is COc1cc2c(cc1OC)CN(C(=O)CN1CCC(c3nc(C)no3)CC1)CC2. The Bertz CT molecular complexity index is 874. The van der Waals surface area contributed by atoms with Gasteiger partial charge in [0, 0.05) is 19.0 Å². The number of likely N-dealkylation sites (tertiary alicyclic amines) is 1. The molecule has 1 fully saturated rings. The van der Waals surface area contributed by atoms with E-state index >= 15 is 0 Å². The maximum atomic E-state index is 12.9. The molecule has 0 saturated carbocycles. The zero-order valence-corrected chi connectivity index (χ0v) is 17.3. The Balaban J connectivity index is 1.33. The highest BCUT2D eigenvalue weighted by molar-refractivity contribution is 5.78. The highest BCUT2D eigenvalue weighted by Crippen LogP contribution is 2.33. The first-order chi connectivity index (χ1) is 14.1. The van der Waals surface area contributed by atoms with E-state index in [0.717, 1.165) is 56.1 Å². The monoisotopic (exact) mass is 400 g/mol. The van der Waals surface area contributed by atoms with Crippen LogP contribution in [0.3, 0.4) is 0 Å². The van der Waals surface area contributed by atoms with Crippen LogP contribution in [-0.4, -0.2) is 66.2 Å². The Labute approximate surface area is 170 Å². The lowest BCUT2D eigenvalue weighted by molar-refractivity contribution is -0.133. The number of benzene rings is 1. The van der Waals surface area contributed by atoms with Gasteiger partial charge in [0.25, 0.3) is 0 Å². The van der Waals surface area contributed by atoms with Gasteiger partial charge in [-0.3, -0.25) is 9.69 Å². The molecule has 1 aromatic carbocycles. The van der Waals surface area contributed by atoms with Crippen LogP contribution in [0.4, 0.5) is 0 Å². The van der Waals surface area contributed by atoms with Gasteiger partial charge in [-0.2, -0.15) is 4.98 Å². The molecule has 1 amide bonds. The molecule has 2 aliphatic rings. The molecule has 1 aromatic heterocycles. The van der Waals surface area contributed by atoms with Crippen LogP contribution < -0.4 is 9.47 Å². The van der Waals surface area contributed by atoms with E-state index in [1.54, 1.807) is 14.2 Å². The smallest absolute Gasteiger partial charge is 0.237 e. The molecule has 29 heavy (non-hydrogen) atoms. The minimum atomic E-state index is 0.178. The predicted octanol–water partition coefficient (Wildman–Crippen LogP) is 2.16. The zero-order valence-electron chi connectivity index (χ0n) is 17.3. The molecule has 2 aromatic rings. The molecule has 0 spiro atoms. The molecular weight excluding hydrogens is 372 g/mol. The van der Waals surface area contributed by atoms with E-state index in [9.17, 15) is 4.79 Å². The number of hydrogen-bond donors (Lipinski definition) is 0. The molecule has 0 aliphatic carbocycles. The van der Waals surface area contributed by atoms with E-state index in [1.165, 1.54) is 5.56 Å². The molecule has 0 radical (unpaired) electrons. The second kappa shape index (κ2) is 8.41. The summed E-state index contributed by atoms with van der Waals surface area (Å²) in [7, 11) is 3.28. The summed E-state index contributed by atoms with van der Waals surface area (Å²) < 4.78 is 16.1. The van der Waals surface area contributed by atoms with Gasteiger partial charge in [-0.25, -0.2) is 0 Å². The van der Waals surface area contributed by atoms with Gasteiger partial charge in [0.15, 0.2) is 17.3 Å². The summed E-state index contributed by atoms with van der Waals surface area (Å²) in [6.45, 7) is 5.38. The Kier molecular flexibility index (Phi) is 5.71. The third-order valence-electron chi connectivity index (χ3n) is 5.91. The van der Waals surface area contributed by atoms with Crippen molar-refractivity contribution in [3.63, 3.8) is 0 Å². The number of ether oxygens (including phenoxy) is 2. The molecule has 1 saturated heterocycles. The van der Waals surface area contributed by atoms with Crippen molar-refractivity contribution in [3.05, 3.63) is 35.0 Å². The van der Waals surface area contributed by atoms with Crippen LogP contribution in [0.5, 0.6) is 11.5 Å². The number of carbonyl (C=O) groups excluding carboxylic acids is 1. The normalized spacial score (nSPS) is 17.8. The minimum Gasteiger partial charge on any atom is -0.493 e. The number of nitrogens with zero attached hydrogens (tertiary/aromatic N) is 4. The fourth-order valence-electron chi connectivity index (χ4n) is 4.20. The summed E-state index contributed by atoms with van der Waals surface area (Å²) in [5, 5.41) is 3.88. The molecule has 8 nitrogen and oxygen atoms in total. The lowest BCUT2D eigenvalue weighted by atomic mass is 9.96. The van der Waals surface area contributed by atoms with Crippen molar-refractivity contribution in [2.75, 3.05) is 40.4 Å². The number of piperidine rings is 1. The van der Waals surface area contributed by atoms with Crippen LogP contribution in [0.2, 0.25) is 0 Å². The summed E-state index contributed by atoms with van der Waals surface area (Å²) in [6.07, 6.45) is 2.71. The van der Waals surface area contributed by atoms with Crippen molar-refractivity contribution in [1.82, 2.24) is 19.9 Å². The molecular formula is C21H28N4O4. The van der Waals surface area contributed by atoms with Crippen molar-refractivity contribution in [2.45, 2.75) is 38.6 Å². The number of carbonyl (C=O) groups is 1. The quantitative estimate of drug-likeness (QED) is 0.761. The minimum absolute atomic E-state index is 0.178. The predicted molar refractivity (Wildman–Crippen MR) is 106 cm³/mol. The van der Waals surface area contributed by atoms with Crippen molar-refractivity contribution < 1.29 is 18.8 Å². The van der Waals surface area contributed by atoms with Gasteiger partial charge in [-0.1, -0.05) is 5.16 Å². The first-order valence-electron chi connectivity index (χ1n) is 10.1. The van der Waals surface area contributed by atoms with Crippen LogP contribution in [-0.2, 0) is 17.8 Å². The molecule has 0 unspecified atom stereocenters. The largest absolute Gasteiger partial charge is 0.493 e. The standard InChI is InChI=1S/C21H28N4O4/c1-14-22-21(29-23-14)15-4-7-24(8-5-15)13-20(26)25-9-6-16-10-18(27-2)19(28-3)11-17(16)12-25/h10-11,15H,4-9,12-13H2,1-3H3. The molecule has 0 bridgehead atoms. The average molecular weight is 400 g/mol. The summed E-state index contributed by atoms with van der Waals surface area (Å²) in [4.78, 5) is 21.4. The van der Waals surface area contributed by atoms with Crippen molar-refractivity contribution in [1.29, 1.82) is 0 Å². The molecule has 156 valence electrons. The fraction of sp³-hybridized carbons (Fsp3) is 0.571. The number of hydrogen-bond acceptors (Lipinski definition) is 7. The van der Waals surface area contributed by atoms with Crippen LogP contribution in [0.1, 0.15) is 41.6 Å². The van der Waals surface area contributed by atoms with Crippen LogP contribution in [0.15, 0.2) is 16.7 Å². The summed E-state index contributed by atoms with van der Waals surface area (Å²) in [5.41, 5.74) is 2.36. The van der Waals surface area contributed by atoms with Gasteiger partial charge in [0.05, 0.1) is 20.8 Å². The van der Waals surface area contributed by atoms with E-state index in [0.29, 0.717) is 30.6 Å². The number of aromatic nitrogens is 2. The van der Waals surface area contributed by atoms with Gasteiger partial charge < -0.3 is 18.9 Å². The van der Waals surface area contributed by atoms with Gasteiger partial charge in [-0.15, -0.1) is 0 Å². The Morgan fingerprint density at radius 2 is 1.83 bits per heavy atom.